The van der Waals surface area contributed by atoms with E-state index in [0.717, 1.165) is 12.8 Å². The van der Waals surface area contributed by atoms with Crippen LogP contribution >= 0.6 is 11.8 Å². The smallest absolute Gasteiger partial charge is 0.269 e. The van der Waals surface area contributed by atoms with Crippen molar-refractivity contribution in [3.8, 4) is 5.69 Å². The number of nitrogens with zero attached hydrogens (tertiary/aromatic N) is 4. The standard InChI is InChI=1S/C26H21FN4O4S/c27-19-7-9-20(10-8-19)30-25(33)22-11-6-18(24(32)29-12-1-2-13-29)15-23(22)28-26(30)36-16-17-4-3-5-21(14-17)31(34)35/h3-11,14-15H,1-2,12-13,16H2. The Morgan fingerprint density at radius 1 is 1.06 bits per heavy atom. The fourth-order valence-electron chi connectivity index (χ4n) is 4.22. The molecule has 0 spiro atoms. The Kier molecular flexibility index (Phi) is 6.51. The maximum Gasteiger partial charge on any atom is 0.269 e. The van der Waals surface area contributed by atoms with Crippen molar-refractivity contribution in [2.24, 2.45) is 0 Å². The number of benzene rings is 3. The number of nitro groups is 1. The van der Waals surface area contributed by atoms with Crippen LogP contribution in [0.25, 0.3) is 16.6 Å². The molecule has 5 rings (SSSR count). The zero-order chi connectivity index (χ0) is 25.2. The maximum absolute atomic E-state index is 13.6. The van der Waals surface area contributed by atoms with Crippen LogP contribution in [0, 0.1) is 15.9 Å². The maximum atomic E-state index is 13.6. The molecule has 36 heavy (non-hydrogen) atoms. The number of amides is 1. The van der Waals surface area contributed by atoms with Gasteiger partial charge in [-0.3, -0.25) is 24.3 Å². The van der Waals surface area contributed by atoms with Gasteiger partial charge in [0.25, 0.3) is 17.2 Å². The number of hydrogen-bond acceptors (Lipinski definition) is 6. The Balaban J connectivity index is 1.58. The highest BCUT2D eigenvalue weighted by atomic mass is 32.2. The van der Waals surface area contributed by atoms with Gasteiger partial charge in [0.2, 0.25) is 0 Å². The van der Waals surface area contributed by atoms with Crippen molar-refractivity contribution in [3.63, 3.8) is 0 Å². The van der Waals surface area contributed by atoms with Crippen LogP contribution < -0.4 is 5.56 Å². The second kappa shape index (κ2) is 9.90. The molecule has 0 aliphatic carbocycles. The third kappa shape index (κ3) is 4.72. The number of thioether (sulfide) groups is 1. The normalized spacial score (nSPS) is 13.3. The van der Waals surface area contributed by atoms with Gasteiger partial charge in [0.15, 0.2) is 5.16 Å². The van der Waals surface area contributed by atoms with E-state index in [4.69, 9.17) is 4.98 Å². The molecule has 0 radical (unpaired) electrons. The quantitative estimate of drug-likeness (QED) is 0.159. The van der Waals surface area contributed by atoms with Crippen LogP contribution in [0.4, 0.5) is 10.1 Å². The van der Waals surface area contributed by atoms with E-state index in [-0.39, 0.29) is 17.2 Å². The molecule has 3 aromatic carbocycles. The van der Waals surface area contributed by atoms with Crippen LogP contribution in [0.15, 0.2) is 76.7 Å². The van der Waals surface area contributed by atoms with E-state index in [2.05, 4.69) is 0 Å². The number of carbonyl (C=O) groups excluding carboxylic acids is 1. The number of halogens is 1. The van der Waals surface area contributed by atoms with E-state index in [9.17, 15) is 24.1 Å². The van der Waals surface area contributed by atoms with Gasteiger partial charge < -0.3 is 4.90 Å². The fourth-order valence-corrected chi connectivity index (χ4v) is 5.18. The zero-order valence-corrected chi connectivity index (χ0v) is 19.9. The van der Waals surface area contributed by atoms with E-state index in [0.29, 0.717) is 51.7 Å². The average Bonchev–Trinajstić information content (AvgIpc) is 3.43. The first-order valence-electron chi connectivity index (χ1n) is 11.4. The molecule has 0 N–H and O–H groups in total. The Morgan fingerprint density at radius 2 is 1.81 bits per heavy atom. The predicted octanol–water partition coefficient (Wildman–Crippen LogP) is 4.96. The van der Waals surface area contributed by atoms with Gasteiger partial charge in [-0.2, -0.15) is 0 Å². The van der Waals surface area contributed by atoms with Crippen LogP contribution in [0.5, 0.6) is 0 Å². The molecule has 0 atom stereocenters. The topological polar surface area (TPSA) is 98.3 Å². The lowest BCUT2D eigenvalue weighted by Crippen LogP contribution is -2.28. The van der Waals surface area contributed by atoms with Gasteiger partial charge in [0, 0.05) is 36.5 Å². The third-order valence-corrected chi connectivity index (χ3v) is 7.06. The highest BCUT2D eigenvalue weighted by Crippen LogP contribution is 2.27. The summed E-state index contributed by atoms with van der Waals surface area (Å²) >= 11 is 1.23. The van der Waals surface area contributed by atoms with Crippen molar-refractivity contribution in [1.29, 1.82) is 0 Å². The van der Waals surface area contributed by atoms with Gasteiger partial charge in [-0.05, 0) is 60.9 Å². The van der Waals surface area contributed by atoms with E-state index in [1.807, 2.05) is 0 Å². The van der Waals surface area contributed by atoms with E-state index >= 15 is 0 Å². The number of aromatic nitrogens is 2. The molecule has 1 amide bonds. The largest absolute Gasteiger partial charge is 0.339 e. The first-order chi connectivity index (χ1) is 17.4. The number of likely N-dealkylation sites (tertiary alicyclic amines) is 1. The predicted molar refractivity (Wildman–Crippen MR) is 135 cm³/mol. The summed E-state index contributed by atoms with van der Waals surface area (Å²) in [5.41, 5.74) is 1.59. The molecule has 4 aromatic rings. The monoisotopic (exact) mass is 504 g/mol. The van der Waals surface area contributed by atoms with E-state index in [1.165, 1.54) is 52.7 Å². The Bertz CT molecular complexity index is 1530. The number of carbonyl (C=O) groups is 1. The summed E-state index contributed by atoms with van der Waals surface area (Å²) in [5, 5.41) is 11.8. The van der Waals surface area contributed by atoms with Crippen molar-refractivity contribution >= 4 is 34.3 Å². The molecule has 0 bridgehead atoms. The fraction of sp³-hybridized carbons (Fsp3) is 0.192. The summed E-state index contributed by atoms with van der Waals surface area (Å²) < 4.78 is 15.0. The van der Waals surface area contributed by atoms with Crippen LogP contribution in [-0.2, 0) is 5.75 Å². The summed E-state index contributed by atoms with van der Waals surface area (Å²) in [4.78, 5) is 43.6. The molecule has 0 unspecified atom stereocenters. The summed E-state index contributed by atoms with van der Waals surface area (Å²) in [6.45, 7) is 1.42. The van der Waals surface area contributed by atoms with Crippen molar-refractivity contribution in [2.45, 2.75) is 23.8 Å². The summed E-state index contributed by atoms with van der Waals surface area (Å²) in [7, 11) is 0. The Labute approximate surface area is 209 Å². The van der Waals surface area contributed by atoms with Crippen molar-refractivity contribution in [3.05, 3.63) is 104 Å². The number of nitro benzene ring substituents is 1. The molecular weight excluding hydrogens is 483 g/mol. The number of rotatable bonds is 6. The van der Waals surface area contributed by atoms with E-state index in [1.54, 1.807) is 35.2 Å². The molecule has 2 heterocycles. The minimum Gasteiger partial charge on any atom is -0.339 e. The number of fused-ring (bicyclic) bond motifs is 1. The third-order valence-electron chi connectivity index (χ3n) is 6.05. The van der Waals surface area contributed by atoms with Gasteiger partial charge in [-0.25, -0.2) is 9.37 Å². The van der Waals surface area contributed by atoms with E-state index < -0.39 is 10.7 Å². The van der Waals surface area contributed by atoms with Gasteiger partial charge in [-0.15, -0.1) is 0 Å². The Morgan fingerprint density at radius 3 is 2.53 bits per heavy atom. The lowest BCUT2D eigenvalue weighted by molar-refractivity contribution is -0.384. The van der Waals surface area contributed by atoms with Crippen molar-refractivity contribution in [2.75, 3.05) is 13.1 Å². The lowest BCUT2D eigenvalue weighted by Gasteiger charge is -2.16. The molecule has 8 nitrogen and oxygen atoms in total. The molecule has 1 saturated heterocycles. The first kappa shape index (κ1) is 23.7. The number of hydrogen-bond donors (Lipinski definition) is 0. The highest BCUT2D eigenvalue weighted by molar-refractivity contribution is 7.98. The average molecular weight is 505 g/mol. The van der Waals surface area contributed by atoms with Crippen molar-refractivity contribution in [1.82, 2.24) is 14.5 Å². The minimum atomic E-state index is -0.463. The zero-order valence-electron chi connectivity index (χ0n) is 19.1. The summed E-state index contributed by atoms with van der Waals surface area (Å²) in [5.74, 6) is -0.214. The Hall–Kier alpha value is -4.05. The second-order valence-electron chi connectivity index (χ2n) is 8.46. The molecule has 10 heteroatoms. The first-order valence-corrected chi connectivity index (χ1v) is 12.4. The molecule has 1 aliphatic heterocycles. The molecule has 182 valence electrons. The minimum absolute atomic E-state index is 0.0273. The summed E-state index contributed by atoms with van der Waals surface area (Å²) in [6, 6.07) is 16.6. The van der Waals surface area contributed by atoms with Gasteiger partial charge in [-0.1, -0.05) is 23.9 Å². The highest BCUT2D eigenvalue weighted by Gasteiger charge is 2.21. The second-order valence-corrected chi connectivity index (χ2v) is 9.40. The lowest BCUT2D eigenvalue weighted by atomic mass is 10.1. The van der Waals surface area contributed by atoms with Crippen LogP contribution in [0.1, 0.15) is 28.8 Å². The van der Waals surface area contributed by atoms with Gasteiger partial charge >= 0.3 is 0 Å². The molecule has 0 saturated carbocycles. The van der Waals surface area contributed by atoms with Crippen LogP contribution in [0.3, 0.4) is 0 Å². The van der Waals surface area contributed by atoms with Crippen LogP contribution in [-0.4, -0.2) is 38.4 Å². The molecular formula is C26H21FN4O4S. The summed E-state index contributed by atoms with van der Waals surface area (Å²) in [6.07, 6.45) is 1.94. The van der Waals surface area contributed by atoms with Gasteiger partial charge in [0.1, 0.15) is 5.82 Å². The molecule has 1 aromatic heterocycles. The van der Waals surface area contributed by atoms with Crippen LogP contribution in [0.2, 0.25) is 0 Å². The SMILES string of the molecule is O=C(c1ccc2c(=O)n(-c3ccc(F)cc3)c(SCc3cccc([N+](=O)[O-])c3)nc2c1)N1CCCC1. The number of non-ortho nitro benzene ring substituents is 1. The molecule has 1 aliphatic rings. The van der Waals surface area contributed by atoms with Gasteiger partial charge in [0.05, 0.1) is 21.5 Å². The molecule has 1 fully saturated rings. The van der Waals surface area contributed by atoms with Crippen molar-refractivity contribution < 1.29 is 14.1 Å².